The summed E-state index contributed by atoms with van der Waals surface area (Å²) in [6.45, 7) is 9.87. The van der Waals surface area contributed by atoms with Gasteiger partial charge in [-0.2, -0.15) is 10.2 Å². The quantitative estimate of drug-likeness (QED) is 0.550. The summed E-state index contributed by atoms with van der Waals surface area (Å²) < 4.78 is 5.80. The number of nitrogen functional groups attached to an aromatic ring is 1. The monoisotopic (exact) mass is 451 g/mol. The van der Waals surface area contributed by atoms with Crippen LogP contribution in [0.4, 0.5) is 11.6 Å². The third-order valence-electron chi connectivity index (χ3n) is 6.16. The summed E-state index contributed by atoms with van der Waals surface area (Å²) in [6.07, 6.45) is 1.40. The molecule has 0 bridgehead atoms. The zero-order chi connectivity index (χ0) is 24.3. The number of anilines is 2. The maximum absolute atomic E-state index is 10.7. The van der Waals surface area contributed by atoms with Crippen molar-refractivity contribution in [2.45, 2.75) is 25.8 Å². The molecule has 1 aromatic carbocycles. The van der Waals surface area contributed by atoms with Gasteiger partial charge in [0.1, 0.15) is 41.1 Å². The van der Waals surface area contributed by atoms with Crippen molar-refractivity contribution in [1.82, 2.24) is 14.9 Å². The minimum absolute atomic E-state index is 0.00900. The van der Waals surface area contributed by atoms with Gasteiger partial charge in [-0.05, 0) is 25.5 Å². The van der Waals surface area contributed by atoms with Crippen LogP contribution in [0, 0.1) is 16.2 Å². The van der Waals surface area contributed by atoms with Gasteiger partial charge in [0.05, 0.1) is 25.3 Å². The van der Waals surface area contributed by atoms with Gasteiger partial charge >= 0.3 is 0 Å². The molecule has 10 nitrogen and oxygen atoms in total. The molecule has 174 valence electrons. The minimum atomic E-state index is -0.291. The van der Waals surface area contributed by atoms with Gasteiger partial charge in [-0.1, -0.05) is 11.8 Å². The Kier molecular flexibility index (Phi) is 7.13. The molecule has 0 saturated carbocycles. The minimum Gasteiger partial charge on any atom is -0.507 e. The van der Waals surface area contributed by atoms with Gasteiger partial charge in [-0.15, -0.1) is 0 Å². The number of nitriles is 1. The summed E-state index contributed by atoms with van der Waals surface area (Å²) in [5.74, 6) is 1.39. The van der Waals surface area contributed by atoms with Gasteiger partial charge in [-0.25, -0.2) is 9.97 Å². The van der Waals surface area contributed by atoms with E-state index in [1.807, 2.05) is 25.8 Å². The molecular weight excluding hydrogens is 422 g/mol. The second-order valence-electron chi connectivity index (χ2n) is 8.25. The molecule has 0 radical (unpaired) electrons. The van der Waals surface area contributed by atoms with Crippen LogP contribution < -0.4 is 15.4 Å². The van der Waals surface area contributed by atoms with Crippen LogP contribution >= 0.6 is 0 Å². The van der Waals surface area contributed by atoms with Crippen molar-refractivity contribution in [3.05, 3.63) is 46.1 Å². The molecule has 1 aliphatic rings. The molecule has 3 rings (SSSR count). The highest BCUT2D eigenvalue weighted by atomic mass is 16.5. The van der Waals surface area contributed by atoms with Crippen LogP contribution in [-0.4, -0.2) is 60.3 Å². The molecule has 3 N–H and O–H groups in total. The molecule has 1 saturated heterocycles. The fourth-order valence-electron chi connectivity index (χ4n) is 4.31. The largest absolute Gasteiger partial charge is 0.507 e. The Morgan fingerprint density at radius 3 is 2.79 bits per heavy atom. The fraction of sp³-hybridized carbons (Fsp3) is 0.435. The second kappa shape index (κ2) is 9.83. The maximum atomic E-state index is 10.7. The van der Waals surface area contributed by atoms with Crippen LogP contribution in [0.5, 0.6) is 11.5 Å². The SMILES string of the molecule is C=C(C)c1c(N)ncnc1N(C)C(C)c1cc(O)c(C#N)c(C2CN(CCN=O)C2)c1OC. The van der Waals surface area contributed by atoms with E-state index in [0.717, 1.165) is 5.57 Å². The number of nitrogens with zero attached hydrogens (tertiary/aromatic N) is 6. The molecule has 0 amide bonds. The topological polar surface area (TPSA) is 141 Å². The van der Waals surface area contributed by atoms with Crippen LogP contribution in [0.25, 0.3) is 5.57 Å². The van der Waals surface area contributed by atoms with Crippen molar-refractivity contribution in [2.75, 3.05) is 51.0 Å². The maximum Gasteiger partial charge on any atom is 0.141 e. The number of hydrogen-bond donors (Lipinski definition) is 2. The van der Waals surface area contributed by atoms with Gasteiger partial charge in [-0.3, -0.25) is 0 Å². The van der Waals surface area contributed by atoms with Gasteiger partial charge in [0.15, 0.2) is 0 Å². The fourth-order valence-corrected chi connectivity index (χ4v) is 4.31. The number of allylic oxidation sites excluding steroid dienone is 1. The molecule has 1 aromatic heterocycles. The van der Waals surface area contributed by atoms with E-state index in [0.29, 0.717) is 53.7 Å². The Balaban J connectivity index is 2.05. The highest BCUT2D eigenvalue weighted by Crippen LogP contribution is 2.45. The molecule has 2 aromatic rings. The second-order valence-corrected chi connectivity index (χ2v) is 8.25. The smallest absolute Gasteiger partial charge is 0.141 e. The average molecular weight is 452 g/mol. The van der Waals surface area contributed by atoms with E-state index >= 15 is 0 Å². The Labute approximate surface area is 193 Å². The summed E-state index contributed by atoms with van der Waals surface area (Å²) in [5.41, 5.74) is 9.06. The molecule has 0 spiro atoms. The third-order valence-corrected chi connectivity index (χ3v) is 6.16. The van der Waals surface area contributed by atoms with Crippen LogP contribution in [0.1, 0.15) is 48.1 Å². The number of aromatic hydroxyl groups is 1. The lowest BCUT2D eigenvalue weighted by Crippen LogP contribution is -2.46. The summed E-state index contributed by atoms with van der Waals surface area (Å²) in [7, 11) is 3.42. The Morgan fingerprint density at radius 1 is 1.52 bits per heavy atom. The number of nitroso groups, excluding NO2 is 1. The molecule has 0 aliphatic carbocycles. The number of hydrogen-bond acceptors (Lipinski definition) is 10. The number of methoxy groups -OCH3 is 1. The first-order valence-electron chi connectivity index (χ1n) is 10.6. The normalized spacial score (nSPS) is 14.8. The van der Waals surface area contributed by atoms with E-state index in [9.17, 15) is 15.3 Å². The molecule has 33 heavy (non-hydrogen) atoms. The highest BCUT2D eigenvalue weighted by Gasteiger charge is 2.35. The predicted molar refractivity (Wildman–Crippen MR) is 127 cm³/mol. The highest BCUT2D eigenvalue weighted by molar-refractivity contribution is 5.79. The number of rotatable bonds is 9. The zero-order valence-corrected chi connectivity index (χ0v) is 19.4. The number of nitrogens with two attached hydrogens (primary N) is 1. The number of ether oxygens (including phenoxy) is 1. The summed E-state index contributed by atoms with van der Waals surface area (Å²) in [5, 5.41) is 23.4. The standard InChI is InChI=1S/C23H29N7O3/c1-13(2)19-22(25)26-12-27-23(19)29(4)14(3)16-8-18(31)17(9-24)20(21(16)33-5)15-10-30(11-15)7-6-28-32/h8,12,14-15,31H,1,6-7,10-11H2,2-5H3,(H2,25,26,27). The molecule has 2 heterocycles. The Bertz CT molecular complexity index is 1110. The number of phenolic OH excluding ortho intramolecular Hbond substituents is 1. The molecule has 1 unspecified atom stereocenters. The first kappa shape index (κ1) is 23.9. The van der Waals surface area contributed by atoms with Crippen molar-refractivity contribution < 1.29 is 9.84 Å². The van der Waals surface area contributed by atoms with Gasteiger partial charge in [0, 0.05) is 43.7 Å². The third kappa shape index (κ3) is 4.45. The van der Waals surface area contributed by atoms with Gasteiger partial charge in [0.25, 0.3) is 0 Å². The lowest BCUT2D eigenvalue weighted by molar-refractivity contribution is 0.150. The van der Waals surface area contributed by atoms with Crippen molar-refractivity contribution in [3.8, 4) is 17.6 Å². The first-order valence-corrected chi connectivity index (χ1v) is 10.6. The average Bonchev–Trinajstić information content (AvgIpc) is 2.76. The van der Waals surface area contributed by atoms with Crippen LogP contribution in [-0.2, 0) is 0 Å². The van der Waals surface area contributed by atoms with E-state index < -0.39 is 0 Å². The summed E-state index contributed by atoms with van der Waals surface area (Å²) >= 11 is 0. The van der Waals surface area contributed by atoms with E-state index in [1.54, 1.807) is 13.2 Å². The summed E-state index contributed by atoms with van der Waals surface area (Å²) in [6, 6.07) is 3.40. The molecule has 10 heteroatoms. The van der Waals surface area contributed by atoms with Crippen LogP contribution in [0.15, 0.2) is 24.1 Å². The Morgan fingerprint density at radius 2 is 2.21 bits per heavy atom. The van der Waals surface area contributed by atoms with Gasteiger partial charge in [0.2, 0.25) is 0 Å². The first-order chi connectivity index (χ1) is 15.7. The number of phenols is 1. The van der Waals surface area contributed by atoms with Gasteiger partial charge < -0.3 is 25.4 Å². The summed E-state index contributed by atoms with van der Waals surface area (Å²) in [4.78, 5) is 22.9. The Hall–Kier alpha value is -3.71. The van der Waals surface area contributed by atoms with Crippen molar-refractivity contribution in [3.63, 3.8) is 0 Å². The van der Waals surface area contributed by atoms with E-state index in [2.05, 4.69) is 32.7 Å². The van der Waals surface area contributed by atoms with E-state index in [4.69, 9.17) is 10.5 Å². The number of aromatic nitrogens is 2. The molecule has 1 atom stereocenters. The molecule has 1 fully saturated rings. The predicted octanol–water partition coefficient (Wildman–Crippen LogP) is 3.04. The number of likely N-dealkylation sites (tertiary alicyclic amines) is 1. The molecular formula is C23H29N7O3. The van der Waals surface area contributed by atoms with E-state index in [-0.39, 0.29) is 29.8 Å². The number of benzene rings is 1. The molecule has 1 aliphatic heterocycles. The van der Waals surface area contributed by atoms with Crippen LogP contribution in [0.2, 0.25) is 0 Å². The van der Waals surface area contributed by atoms with Crippen molar-refractivity contribution in [1.29, 1.82) is 5.26 Å². The zero-order valence-electron chi connectivity index (χ0n) is 19.4. The van der Waals surface area contributed by atoms with Crippen molar-refractivity contribution in [2.24, 2.45) is 5.18 Å². The lowest BCUT2D eigenvalue weighted by atomic mass is 9.84. The lowest BCUT2D eigenvalue weighted by Gasteiger charge is -2.40. The van der Waals surface area contributed by atoms with Crippen molar-refractivity contribution >= 4 is 17.2 Å². The van der Waals surface area contributed by atoms with E-state index in [1.165, 1.54) is 6.33 Å². The van der Waals surface area contributed by atoms with Crippen LogP contribution in [0.3, 0.4) is 0 Å².